The highest BCUT2D eigenvalue weighted by atomic mass is 16.4. The summed E-state index contributed by atoms with van der Waals surface area (Å²) in [6.07, 6.45) is -1.68. The highest BCUT2D eigenvalue weighted by Crippen LogP contribution is 2.56. The standard InChI is InChI=1S/C28H35N5O9/c1-10-9-33(8-7-30-10)27(41)31-13-6-5-12-11(2)14-16(21(35)15(12)20(13)34)24(38)28(42)18(22(14)36)19(32(3)4)23(37)17(25(28)39)26(29)40/h5-6,10-11,14,18-19,22,30,34-36,39,42H,7-9H2,1-4H3,(H2,29,40)(H,31,41)/t10-,11?,14?,18?,19?,22?,28?/m0/s1. The molecule has 0 radical (unpaired) electrons. The number of Topliss-reactive ketones (excluding diaryl/α,β-unsaturated/α-hetero) is 2. The van der Waals surface area contributed by atoms with E-state index in [0.29, 0.717) is 25.2 Å². The molecular formula is C28H35N5O9. The van der Waals surface area contributed by atoms with Crippen LogP contribution in [0, 0.1) is 11.8 Å². The van der Waals surface area contributed by atoms with Crippen molar-refractivity contribution in [2.24, 2.45) is 17.6 Å². The van der Waals surface area contributed by atoms with Crippen molar-refractivity contribution in [2.45, 2.75) is 43.6 Å². The summed E-state index contributed by atoms with van der Waals surface area (Å²) in [6.45, 7) is 5.01. The first-order chi connectivity index (χ1) is 19.6. The van der Waals surface area contributed by atoms with E-state index in [9.17, 15) is 44.7 Å². The fourth-order valence-electron chi connectivity index (χ4n) is 7.03. The molecule has 1 saturated carbocycles. The molecule has 1 heterocycles. The number of piperazine rings is 1. The molecule has 4 aliphatic rings. The van der Waals surface area contributed by atoms with E-state index in [1.165, 1.54) is 25.1 Å². The molecule has 0 aromatic heterocycles. The molecule has 1 aromatic rings. The number of primary amides is 1. The highest BCUT2D eigenvalue weighted by molar-refractivity contribution is 6.24. The van der Waals surface area contributed by atoms with Gasteiger partial charge in [-0.05, 0) is 38.6 Å². The van der Waals surface area contributed by atoms with Crippen LogP contribution in [0.2, 0.25) is 0 Å². The van der Waals surface area contributed by atoms with Crippen molar-refractivity contribution in [1.82, 2.24) is 15.1 Å². The van der Waals surface area contributed by atoms with Crippen LogP contribution in [0.4, 0.5) is 10.5 Å². The summed E-state index contributed by atoms with van der Waals surface area (Å²) in [5.41, 5.74) is 0.956. The number of hydrogen-bond donors (Lipinski definition) is 8. The summed E-state index contributed by atoms with van der Waals surface area (Å²) in [5.74, 6) is -9.77. The van der Waals surface area contributed by atoms with Crippen LogP contribution in [0.5, 0.6) is 5.75 Å². The summed E-state index contributed by atoms with van der Waals surface area (Å²) in [6, 6.07) is 1.14. The maximum atomic E-state index is 14.1. The maximum absolute atomic E-state index is 14.1. The van der Waals surface area contributed by atoms with Crippen LogP contribution in [0.15, 0.2) is 29.0 Å². The number of benzene rings is 1. The fraction of sp³-hybridized carbons (Fsp3) is 0.500. The molecule has 5 rings (SSSR count). The van der Waals surface area contributed by atoms with Gasteiger partial charge in [-0.25, -0.2) is 4.79 Å². The largest absolute Gasteiger partial charge is 0.508 e. The summed E-state index contributed by atoms with van der Waals surface area (Å²) in [4.78, 5) is 55.3. The zero-order valence-electron chi connectivity index (χ0n) is 23.6. The van der Waals surface area contributed by atoms with Gasteiger partial charge in [0.1, 0.15) is 22.8 Å². The van der Waals surface area contributed by atoms with Gasteiger partial charge in [0.15, 0.2) is 11.4 Å². The average Bonchev–Trinajstić information content (AvgIpc) is 2.91. The number of amides is 3. The van der Waals surface area contributed by atoms with Gasteiger partial charge < -0.3 is 46.8 Å². The van der Waals surface area contributed by atoms with Gasteiger partial charge in [-0.2, -0.15) is 0 Å². The molecule has 2 fully saturated rings. The number of aromatic hydroxyl groups is 1. The summed E-state index contributed by atoms with van der Waals surface area (Å²) >= 11 is 0. The van der Waals surface area contributed by atoms with Crippen molar-refractivity contribution in [1.29, 1.82) is 0 Å². The number of aliphatic hydroxyl groups excluding tert-OH is 3. The van der Waals surface area contributed by atoms with E-state index in [0.717, 1.165) is 0 Å². The average molecular weight is 586 g/mol. The van der Waals surface area contributed by atoms with Crippen molar-refractivity contribution >= 4 is 35.0 Å². The number of carbonyl (C=O) groups excluding carboxylic acids is 4. The quantitative estimate of drug-likeness (QED) is 0.164. The Kier molecular flexibility index (Phi) is 7.08. The van der Waals surface area contributed by atoms with Crippen molar-refractivity contribution in [3.05, 3.63) is 40.2 Å². The Morgan fingerprint density at radius 1 is 1.17 bits per heavy atom. The van der Waals surface area contributed by atoms with Crippen LogP contribution in [0.25, 0.3) is 5.76 Å². The fourth-order valence-corrected chi connectivity index (χ4v) is 7.03. The van der Waals surface area contributed by atoms with Crippen LogP contribution in [0.1, 0.15) is 30.9 Å². The Morgan fingerprint density at radius 3 is 2.43 bits per heavy atom. The third-order valence-corrected chi connectivity index (χ3v) is 9.03. The molecule has 7 atom stereocenters. The summed E-state index contributed by atoms with van der Waals surface area (Å²) in [5, 5.41) is 63.0. The lowest BCUT2D eigenvalue weighted by Gasteiger charge is -2.53. The smallest absolute Gasteiger partial charge is 0.322 e. The van der Waals surface area contributed by atoms with Gasteiger partial charge in [-0.1, -0.05) is 13.0 Å². The first-order valence-electron chi connectivity index (χ1n) is 13.6. The van der Waals surface area contributed by atoms with E-state index in [1.54, 1.807) is 17.9 Å². The molecule has 3 aliphatic carbocycles. The summed E-state index contributed by atoms with van der Waals surface area (Å²) < 4.78 is 0. The SMILES string of the molecule is CC1c2ccc(NC(=O)N3CCN[C@@H](C)C3)c(O)c2C(O)=C2C(=O)C3(O)C(O)=C(C(N)=O)C(=O)C(N(C)C)C3C(O)C21. The number of urea groups is 1. The minimum absolute atomic E-state index is 0.0437. The van der Waals surface area contributed by atoms with Crippen molar-refractivity contribution in [2.75, 3.05) is 39.0 Å². The molecule has 0 bridgehead atoms. The second-order valence-electron chi connectivity index (χ2n) is 11.7. The third kappa shape index (κ3) is 4.01. The van der Waals surface area contributed by atoms with E-state index in [4.69, 9.17) is 5.73 Å². The molecule has 9 N–H and O–H groups in total. The molecule has 3 amide bonds. The van der Waals surface area contributed by atoms with Crippen LogP contribution in [-0.4, -0.2) is 116 Å². The number of aliphatic hydroxyl groups is 4. The summed E-state index contributed by atoms with van der Waals surface area (Å²) in [7, 11) is 2.89. The van der Waals surface area contributed by atoms with Crippen molar-refractivity contribution < 1.29 is 44.7 Å². The van der Waals surface area contributed by atoms with Gasteiger partial charge >= 0.3 is 6.03 Å². The number of nitrogens with two attached hydrogens (primary N) is 1. The second-order valence-corrected chi connectivity index (χ2v) is 11.7. The third-order valence-electron chi connectivity index (χ3n) is 9.03. The van der Waals surface area contributed by atoms with E-state index in [1.807, 2.05) is 6.92 Å². The highest BCUT2D eigenvalue weighted by Gasteiger charge is 2.68. The Labute approximate surface area is 241 Å². The number of anilines is 1. The van der Waals surface area contributed by atoms with Gasteiger partial charge in [0.25, 0.3) is 5.91 Å². The van der Waals surface area contributed by atoms with Gasteiger partial charge in [-0.15, -0.1) is 0 Å². The first-order valence-corrected chi connectivity index (χ1v) is 13.6. The van der Waals surface area contributed by atoms with E-state index in [2.05, 4.69) is 10.6 Å². The molecule has 0 spiro atoms. The van der Waals surface area contributed by atoms with Gasteiger partial charge in [-0.3, -0.25) is 19.3 Å². The lowest BCUT2D eigenvalue weighted by molar-refractivity contribution is -0.169. The zero-order valence-corrected chi connectivity index (χ0v) is 23.6. The number of phenols is 1. The normalized spacial score (nSPS) is 32.9. The van der Waals surface area contributed by atoms with Crippen LogP contribution in [-0.2, 0) is 14.4 Å². The van der Waals surface area contributed by atoms with Crippen LogP contribution < -0.4 is 16.4 Å². The van der Waals surface area contributed by atoms with Gasteiger partial charge in [0.05, 0.1) is 29.3 Å². The first kappa shape index (κ1) is 29.5. The predicted molar refractivity (Wildman–Crippen MR) is 148 cm³/mol. The number of phenolic OH excluding ortho intramolecular Hbond substituents is 1. The van der Waals surface area contributed by atoms with Gasteiger partial charge in [0, 0.05) is 37.2 Å². The molecule has 226 valence electrons. The molecule has 1 saturated heterocycles. The maximum Gasteiger partial charge on any atom is 0.322 e. The molecule has 42 heavy (non-hydrogen) atoms. The molecule has 1 aliphatic heterocycles. The minimum atomic E-state index is -3.00. The topological polar surface area (TPSA) is 226 Å². The number of ketones is 2. The zero-order chi connectivity index (χ0) is 31.0. The number of hydrogen-bond acceptors (Lipinski definition) is 11. The Hall–Kier alpha value is -3.98. The van der Waals surface area contributed by atoms with Crippen LogP contribution >= 0.6 is 0 Å². The molecular weight excluding hydrogens is 550 g/mol. The number of carbonyl (C=O) groups is 4. The Bertz CT molecular complexity index is 1470. The number of rotatable bonds is 3. The van der Waals surface area contributed by atoms with Crippen LogP contribution in [0.3, 0.4) is 0 Å². The van der Waals surface area contributed by atoms with E-state index < -0.39 is 87.4 Å². The number of fused-ring (bicyclic) bond motifs is 3. The molecule has 1 aromatic carbocycles. The lowest BCUT2D eigenvalue weighted by Crippen LogP contribution is -2.70. The molecule has 14 nitrogen and oxygen atoms in total. The number of likely N-dealkylation sites (N-methyl/N-ethyl adjacent to an activating group) is 1. The van der Waals surface area contributed by atoms with Crippen molar-refractivity contribution in [3.63, 3.8) is 0 Å². The van der Waals surface area contributed by atoms with E-state index >= 15 is 0 Å². The number of nitrogens with zero attached hydrogens (tertiary/aromatic N) is 2. The Morgan fingerprint density at radius 2 is 1.83 bits per heavy atom. The second kappa shape index (κ2) is 10.1. The monoisotopic (exact) mass is 585 g/mol. The molecule has 6 unspecified atom stereocenters. The van der Waals surface area contributed by atoms with E-state index in [-0.39, 0.29) is 17.3 Å². The Balaban J connectivity index is 1.64. The minimum Gasteiger partial charge on any atom is -0.508 e. The predicted octanol–water partition coefficient (Wildman–Crippen LogP) is -0.679. The number of nitrogens with one attached hydrogen (secondary N) is 2. The van der Waals surface area contributed by atoms with Crippen molar-refractivity contribution in [3.8, 4) is 5.75 Å². The van der Waals surface area contributed by atoms with Gasteiger partial charge in [0.2, 0.25) is 5.78 Å². The lowest BCUT2D eigenvalue weighted by atomic mass is 9.54. The molecule has 14 heteroatoms.